The van der Waals surface area contributed by atoms with Crippen LogP contribution in [0.3, 0.4) is 0 Å². The van der Waals surface area contributed by atoms with Crippen LogP contribution in [0.1, 0.15) is 54.1 Å². The number of likely N-dealkylation sites (tertiary alicyclic amines) is 1. The molecule has 1 aliphatic rings. The summed E-state index contributed by atoms with van der Waals surface area (Å²) in [6.07, 6.45) is 1.81. The molecule has 1 N–H and O–H groups in total. The van der Waals surface area contributed by atoms with Crippen molar-refractivity contribution in [1.29, 1.82) is 0 Å². The number of nitrogens with one attached hydrogen (secondary N) is 1. The second kappa shape index (κ2) is 10.3. The van der Waals surface area contributed by atoms with Gasteiger partial charge >= 0.3 is 0 Å². The number of rotatable bonds is 6. The topological polar surface area (TPSA) is 49.4 Å². The first-order chi connectivity index (χ1) is 14.4. The van der Waals surface area contributed by atoms with Crippen LogP contribution in [0.25, 0.3) is 0 Å². The lowest BCUT2D eigenvalue weighted by Crippen LogP contribution is -2.52. The van der Waals surface area contributed by atoms with Crippen molar-refractivity contribution in [2.75, 3.05) is 13.1 Å². The molecule has 0 radical (unpaired) electrons. The van der Waals surface area contributed by atoms with E-state index in [1.807, 2.05) is 36.9 Å². The molecule has 0 aromatic heterocycles. The van der Waals surface area contributed by atoms with Crippen molar-refractivity contribution in [3.8, 4) is 0 Å². The summed E-state index contributed by atoms with van der Waals surface area (Å²) in [6, 6.07) is 14.6. The van der Waals surface area contributed by atoms with Crippen molar-refractivity contribution in [2.45, 2.75) is 44.5 Å². The molecule has 0 saturated carbocycles. The van der Waals surface area contributed by atoms with Crippen molar-refractivity contribution in [3.63, 3.8) is 0 Å². The lowest BCUT2D eigenvalue weighted by Gasteiger charge is -2.35. The molecule has 3 rings (SSSR count). The van der Waals surface area contributed by atoms with Gasteiger partial charge in [-0.1, -0.05) is 49.7 Å². The van der Waals surface area contributed by atoms with Gasteiger partial charge < -0.3 is 10.2 Å². The molecule has 2 aromatic carbocycles. The molecule has 1 aliphatic heterocycles. The minimum atomic E-state index is -0.552. The van der Waals surface area contributed by atoms with Crippen LogP contribution < -0.4 is 5.32 Å². The minimum absolute atomic E-state index is 0.00773. The number of halogens is 2. The van der Waals surface area contributed by atoms with Gasteiger partial charge in [0.15, 0.2) is 0 Å². The summed E-state index contributed by atoms with van der Waals surface area (Å²) in [7, 11) is 0. The first-order valence-corrected chi connectivity index (χ1v) is 11.3. The molecule has 0 unspecified atom stereocenters. The van der Waals surface area contributed by atoms with Crippen LogP contribution in [-0.4, -0.2) is 35.8 Å². The molecular weight excluding hydrogens is 419 g/mol. The summed E-state index contributed by atoms with van der Waals surface area (Å²) < 4.78 is 0. The summed E-state index contributed by atoms with van der Waals surface area (Å²) in [4.78, 5) is 27.8. The Morgan fingerprint density at radius 2 is 1.77 bits per heavy atom. The van der Waals surface area contributed by atoms with E-state index < -0.39 is 6.04 Å². The zero-order valence-corrected chi connectivity index (χ0v) is 18.9. The fourth-order valence-electron chi connectivity index (χ4n) is 3.90. The van der Waals surface area contributed by atoms with E-state index in [9.17, 15) is 9.59 Å². The normalized spacial score (nSPS) is 15.8. The molecule has 2 amide bonds. The minimum Gasteiger partial charge on any atom is -0.341 e. The highest BCUT2D eigenvalue weighted by Crippen LogP contribution is 2.29. The number of carbonyl (C=O) groups excluding carboxylic acids is 2. The maximum atomic E-state index is 13.2. The SMILES string of the molecule is CC(C)[C@@H](NC(=O)c1cccc(CCl)c1)C(=O)N1CCC(c2ccc(Cl)cc2)CC1. The fourth-order valence-corrected chi connectivity index (χ4v) is 4.19. The van der Waals surface area contributed by atoms with Gasteiger partial charge in [-0.2, -0.15) is 0 Å². The Hall–Kier alpha value is -2.04. The highest BCUT2D eigenvalue weighted by atomic mass is 35.5. The molecule has 1 fully saturated rings. The summed E-state index contributed by atoms with van der Waals surface area (Å²) >= 11 is 11.9. The van der Waals surface area contributed by atoms with Gasteiger partial charge in [-0.25, -0.2) is 0 Å². The van der Waals surface area contributed by atoms with E-state index in [1.54, 1.807) is 18.2 Å². The van der Waals surface area contributed by atoms with E-state index >= 15 is 0 Å². The zero-order chi connectivity index (χ0) is 21.7. The summed E-state index contributed by atoms with van der Waals surface area (Å²) in [5.74, 6) is 0.505. The van der Waals surface area contributed by atoms with Crippen molar-refractivity contribution in [2.24, 2.45) is 5.92 Å². The van der Waals surface area contributed by atoms with Crippen molar-refractivity contribution in [1.82, 2.24) is 10.2 Å². The van der Waals surface area contributed by atoms with E-state index in [0.29, 0.717) is 30.5 Å². The highest BCUT2D eigenvalue weighted by molar-refractivity contribution is 6.30. The van der Waals surface area contributed by atoms with Crippen LogP contribution in [0.2, 0.25) is 5.02 Å². The van der Waals surface area contributed by atoms with Crippen LogP contribution in [0.4, 0.5) is 0 Å². The third kappa shape index (κ3) is 5.55. The number of hydrogen-bond donors (Lipinski definition) is 1. The largest absolute Gasteiger partial charge is 0.341 e. The van der Waals surface area contributed by atoms with Gasteiger partial charge in [0.1, 0.15) is 6.04 Å². The van der Waals surface area contributed by atoms with Crippen LogP contribution in [0, 0.1) is 5.92 Å². The van der Waals surface area contributed by atoms with Gasteiger partial charge in [0, 0.05) is 29.6 Å². The molecule has 1 heterocycles. The molecule has 30 heavy (non-hydrogen) atoms. The van der Waals surface area contributed by atoms with Crippen molar-refractivity contribution >= 4 is 35.0 Å². The fraction of sp³-hybridized carbons (Fsp3) is 0.417. The van der Waals surface area contributed by atoms with E-state index in [1.165, 1.54) is 5.56 Å². The number of carbonyl (C=O) groups is 2. The third-order valence-electron chi connectivity index (χ3n) is 5.71. The summed E-state index contributed by atoms with van der Waals surface area (Å²) in [6.45, 7) is 5.29. The molecule has 0 spiro atoms. The average molecular weight is 447 g/mol. The van der Waals surface area contributed by atoms with Gasteiger partial charge in [-0.15, -0.1) is 11.6 Å². The average Bonchev–Trinajstić information content (AvgIpc) is 2.77. The first kappa shape index (κ1) is 22.6. The number of benzene rings is 2. The highest BCUT2D eigenvalue weighted by Gasteiger charge is 2.31. The second-order valence-electron chi connectivity index (χ2n) is 8.18. The standard InChI is InChI=1S/C24H28Cl2N2O2/c1-16(2)22(27-23(29)20-5-3-4-17(14-20)15-25)24(30)28-12-10-19(11-13-28)18-6-8-21(26)9-7-18/h3-9,14,16,19,22H,10-13,15H2,1-2H3,(H,27,29)/t22-/m1/s1. The Bertz CT molecular complexity index is 875. The Kier molecular flexibility index (Phi) is 7.79. The second-order valence-corrected chi connectivity index (χ2v) is 8.88. The predicted octanol–water partition coefficient (Wildman–Crippen LogP) is 5.24. The van der Waals surface area contributed by atoms with E-state index in [-0.39, 0.29) is 17.7 Å². The van der Waals surface area contributed by atoms with Crippen molar-refractivity contribution in [3.05, 3.63) is 70.2 Å². The van der Waals surface area contributed by atoms with Crippen LogP contribution in [0.5, 0.6) is 0 Å². The molecule has 4 nitrogen and oxygen atoms in total. The van der Waals surface area contributed by atoms with Crippen LogP contribution >= 0.6 is 23.2 Å². The lowest BCUT2D eigenvalue weighted by atomic mass is 9.89. The number of amides is 2. The maximum absolute atomic E-state index is 13.2. The number of alkyl halides is 1. The quantitative estimate of drug-likeness (QED) is 0.616. The smallest absolute Gasteiger partial charge is 0.251 e. The van der Waals surface area contributed by atoms with Crippen molar-refractivity contribution < 1.29 is 9.59 Å². The third-order valence-corrected chi connectivity index (χ3v) is 6.27. The zero-order valence-electron chi connectivity index (χ0n) is 17.4. The maximum Gasteiger partial charge on any atom is 0.251 e. The van der Waals surface area contributed by atoms with Gasteiger partial charge in [0.05, 0.1) is 0 Å². The van der Waals surface area contributed by atoms with E-state index in [4.69, 9.17) is 23.2 Å². The lowest BCUT2D eigenvalue weighted by molar-refractivity contribution is -0.135. The molecule has 2 aromatic rings. The molecule has 6 heteroatoms. The molecule has 1 atom stereocenters. The molecule has 0 aliphatic carbocycles. The molecule has 0 bridgehead atoms. The number of piperidine rings is 1. The summed E-state index contributed by atoms with van der Waals surface area (Å²) in [5, 5.41) is 3.68. The Morgan fingerprint density at radius 1 is 1.10 bits per heavy atom. The van der Waals surface area contributed by atoms with Gasteiger partial charge in [-0.3, -0.25) is 9.59 Å². The molecular formula is C24H28Cl2N2O2. The molecule has 160 valence electrons. The Balaban J connectivity index is 1.63. The van der Waals surface area contributed by atoms with E-state index in [2.05, 4.69) is 17.4 Å². The number of nitrogens with zero attached hydrogens (tertiary/aromatic N) is 1. The predicted molar refractivity (Wildman–Crippen MR) is 122 cm³/mol. The van der Waals surface area contributed by atoms with Gasteiger partial charge in [0.2, 0.25) is 5.91 Å². The van der Waals surface area contributed by atoms with Crippen LogP contribution in [0.15, 0.2) is 48.5 Å². The van der Waals surface area contributed by atoms with Crippen LogP contribution in [-0.2, 0) is 10.7 Å². The summed E-state index contributed by atoms with van der Waals surface area (Å²) in [5.41, 5.74) is 2.66. The monoisotopic (exact) mass is 446 g/mol. The number of hydrogen-bond acceptors (Lipinski definition) is 2. The Morgan fingerprint density at radius 3 is 2.37 bits per heavy atom. The van der Waals surface area contributed by atoms with Gasteiger partial charge in [-0.05, 0) is 60.1 Å². The first-order valence-electron chi connectivity index (χ1n) is 10.4. The molecule has 1 saturated heterocycles. The van der Waals surface area contributed by atoms with E-state index in [0.717, 1.165) is 23.4 Å². The van der Waals surface area contributed by atoms with Gasteiger partial charge in [0.25, 0.3) is 5.91 Å². The Labute approximate surface area is 188 Å².